The van der Waals surface area contributed by atoms with Gasteiger partial charge in [-0.2, -0.15) is 5.26 Å². The van der Waals surface area contributed by atoms with Crippen LogP contribution in [0.5, 0.6) is 5.75 Å². The zero-order chi connectivity index (χ0) is 25.9. The van der Waals surface area contributed by atoms with Gasteiger partial charge in [-0.1, -0.05) is 48.5 Å². The Balaban J connectivity index is 1.49. The van der Waals surface area contributed by atoms with E-state index in [4.69, 9.17) is 14.4 Å². The summed E-state index contributed by atoms with van der Waals surface area (Å²) in [6, 6.07) is 27.7. The lowest BCUT2D eigenvalue weighted by atomic mass is 10.1. The average molecular weight is 495 g/mol. The molecule has 0 saturated carbocycles. The first-order chi connectivity index (χ1) is 18.1. The molecule has 0 bridgehead atoms. The van der Waals surface area contributed by atoms with Crippen LogP contribution in [0.3, 0.4) is 0 Å². The number of hydrogen-bond donors (Lipinski definition) is 0. The predicted octanol–water partition coefficient (Wildman–Crippen LogP) is 5.44. The van der Waals surface area contributed by atoms with Gasteiger partial charge < -0.3 is 14.1 Å². The summed E-state index contributed by atoms with van der Waals surface area (Å²) in [6.07, 6.45) is 3.66. The predicted molar refractivity (Wildman–Crippen MR) is 140 cm³/mol. The molecular formula is C30H30N4O3. The first kappa shape index (κ1) is 25.7. The third-order valence-corrected chi connectivity index (χ3v) is 5.94. The molecule has 0 aliphatic heterocycles. The molecule has 4 aromatic rings. The minimum absolute atomic E-state index is 0.241. The molecule has 188 valence electrons. The van der Waals surface area contributed by atoms with Crippen LogP contribution in [0.15, 0.2) is 95.7 Å². The molecule has 0 fully saturated rings. The van der Waals surface area contributed by atoms with Gasteiger partial charge in [0, 0.05) is 38.6 Å². The van der Waals surface area contributed by atoms with E-state index in [1.807, 2.05) is 48.5 Å². The minimum Gasteiger partial charge on any atom is -0.497 e. The van der Waals surface area contributed by atoms with Crippen molar-refractivity contribution in [1.29, 1.82) is 5.26 Å². The summed E-state index contributed by atoms with van der Waals surface area (Å²) < 4.78 is 11.3. The first-order valence-electron chi connectivity index (χ1n) is 12.2. The summed E-state index contributed by atoms with van der Waals surface area (Å²) in [7, 11) is 1.66. The van der Waals surface area contributed by atoms with E-state index in [-0.39, 0.29) is 18.1 Å². The Labute approximate surface area is 217 Å². The summed E-state index contributed by atoms with van der Waals surface area (Å²) in [5.41, 5.74) is 3.24. The fourth-order valence-corrected chi connectivity index (χ4v) is 4.10. The molecule has 0 unspecified atom stereocenters. The Kier molecular flexibility index (Phi) is 9.06. The Hall–Kier alpha value is -4.41. The van der Waals surface area contributed by atoms with E-state index >= 15 is 0 Å². The van der Waals surface area contributed by atoms with Crippen LogP contribution in [0.25, 0.3) is 0 Å². The average Bonchev–Trinajstić information content (AvgIpc) is 3.40. The van der Waals surface area contributed by atoms with Crippen molar-refractivity contribution in [2.45, 2.75) is 32.6 Å². The van der Waals surface area contributed by atoms with E-state index < -0.39 is 0 Å². The number of pyridine rings is 1. The van der Waals surface area contributed by atoms with Gasteiger partial charge in [0.05, 0.1) is 26.1 Å². The molecule has 37 heavy (non-hydrogen) atoms. The third-order valence-electron chi connectivity index (χ3n) is 5.94. The van der Waals surface area contributed by atoms with Gasteiger partial charge in [0.1, 0.15) is 11.5 Å². The lowest BCUT2D eigenvalue weighted by Crippen LogP contribution is -2.31. The van der Waals surface area contributed by atoms with Crippen molar-refractivity contribution in [3.63, 3.8) is 0 Å². The van der Waals surface area contributed by atoms with Gasteiger partial charge in [-0.05, 0) is 47.0 Å². The van der Waals surface area contributed by atoms with Crippen LogP contribution in [-0.2, 0) is 26.2 Å². The second kappa shape index (κ2) is 13.1. The highest BCUT2D eigenvalue weighted by atomic mass is 16.5. The Morgan fingerprint density at radius 2 is 1.62 bits per heavy atom. The Bertz CT molecular complexity index is 1300. The van der Waals surface area contributed by atoms with Crippen molar-refractivity contribution in [2.24, 2.45) is 0 Å². The molecule has 7 heteroatoms. The van der Waals surface area contributed by atoms with Crippen LogP contribution in [0.4, 0.5) is 0 Å². The van der Waals surface area contributed by atoms with E-state index in [1.165, 1.54) is 5.56 Å². The maximum Gasteiger partial charge on any atom is 0.289 e. The van der Waals surface area contributed by atoms with E-state index in [0.717, 1.165) is 23.4 Å². The van der Waals surface area contributed by atoms with Crippen molar-refractivity contribution in [3.05, 3.63) is 119 Å². The number of rotatable bonds is 12. The maximum absolute atomic E-state index is 13.3. The molecule has 1 amide bonds. The number of amides is 1. The smallest absolute Gasteiger partial charge is 0.289 e. The summed E-state index contributed by atoms with van der Waals surface area (Å²) >= 11 is 0. The quantitative estimate of drug-likeness (QED) is 0.261. The monoisotopic (exact) mass is 494 g/mol. The van der Waals surface area contributed by atoms with Gasteiger partial charge in [0.15, 0.2) is 5.76 Å². The van der Waals surface area contributed by atoms with E-state index in [9.17, 15) is 4.79 Å². The van der Waals surface area contributed by atoms with Crippen LogP contribution in [0, 0.1) is 11.3 Å². The van der Waals surface area contributed by atoms with Crippen LogP contribution in [-0.4, -0.2) is 34.3 Å². The second-order valence-corrected chi connectivity index (χ2v) is 8.74. The van der Waals surface area contributed by atoms with Crippen LogP contribution >= 0.6 is 0 Å². The van der Waals surface area contributed by atoms with Crippen molar-refractivity contribution >= 4 is 5.91 Å². The standard InChI is InChI=1S/C30H30N4O3/c1-36-27-12-10-25(11-13-27)21-33(20-24-7-3-2-4-8-24)23-28-14-15-29(37-28)30(35)34(18-6-16-31)22-26-9-5-17-32-19-26/h2-5,7-15,17,19H,6,18,20-23H2,1H3. The molecule has 2 heterocycles. The normalized spacial score (nSPS) is 10.7. The third kappa shape index (κ3) is 7.53. The highest BCUT2D eigenvalue weighted by Crippen LogP contribution is 2.19. The van der Waals surface area contributed by atoms with Crippen molar-refractivity contribution in [3.8, 4) is 11.8 Å². The SMILES string of the molecule is COc1ccc(CN(Cc2ccccc2)Cc2ccc(C(=O)N(CCC#N)Cc3cccnc3)o2)cc1. The summed E-state index contributed by atoms with van der Waals surface area (Å²) in [4.78, 5) is 21.3. The van der Waals surface area contributed by atoms with Crippen LogP contribution < -0.4 is 4.74 Å². The van der Waals surface area contributed by atoms with Gasteiger partial charge in [-0.15, -0.1) is 0 Å². The van der Waals surface area contributed by atoms with E-state index in [0.29, 0.717) is 31.9 Å². The maximum atomic E-state index is 13.3. The van der Waals surface area contributed by atoms with Gasteiger partial charge in [-0.25, -0.2) is 0 Å². The molecular weight excluding hydrogens is 464 g/mol. The van der Waals surface area contributed by atoms with E-state index in [2.05, 4.69) is 40.2 Å². The number of hydrogen-bond acceptors (Lipinski definition) is 6. The lowest BCUT2D eigenvalue weighted by Gasteiger charge is -2.22. The highest BCUT2D eigenvalue weighted by molar-refractivity contribution is 5.91. The summed E-state index contributed by atoms with van der Waals surface area (Å²) in [5, 5.41) is 9.07. The fraction of sp³-hybridized carbons (Fsp3) is 0.233. The molecule has 0 spiro atoms. The van der Waals surface area contributed by atoms with Crippen LogP contribution in [0.1, 0.15) is 39.4 Å². The van der Waals surface area contributed by atoms with Crippen LogP contribution in [0.2, 0.25) is 0 Å². The lowest BCUT2D eigenvalue weighted by molar-refractivity contribution is 0.0710. The summed E-state index contributed by atoms with van der Waals surface area (Å²) in [5.74, 6) is 1.55. The fourth-order valence-electron chi connectivity index (χ4n) is 4.10. The number of benzene rings is 2. The minimum atomic E-state index is -0.241. The molecule has 2 aromatic heterocycles. The zero-order valence-electron chi connectivity index (χ0n) is 20.9. The topological polar surface area (TPSA) is 82.6 Å². The molecule has 7 nitrogen and oxygen atoms in total. The Morgan fingerprint density at radius 1 is 0.892 bits per heavy atom. The number of carbonyl (C=O) groups excluding carboxylic acids is 1. The second-order valence-electron chi connectivity index (χ2n) is 8.74. The van der Waals surface area contributed by atoms with Crippen molar-refractivity contribution in [1.82, 2.24) is 14.8 Å². The number of nitrogens with zero attached hydrogens (tertiary/aromatic N) is 4. The number of furan rings is 1. The van der Waals surface area contributed by atoms with Crippen molar-refractivity contribution in [2.75, 3.05) is 13.7 Å². The molecule has 2 aromatic carbocycles. The number of ether oxygens (including phenoxy) is 1. The van der Waals surface area contributed by atoms with Gasteiger partial charge >= 0.3 is 0 Å². The molecule has 0 radical (unpaired) electrons. The van der Waals surface area contributed by atoms with Crippen molar-refractivity contribution < 1.29 is 13.9 Å². The van der Waals surface area contributed by atoms with E-state index in [1.54, 1.807) is 30.5 Å². The first-order valence-corrected chi connectivity index (χ1v) is 12.2. The molecule has 0 aliphatic rings. The molecule has 0 saturated heterocycles. The number of nitriles is 1. The largest absolute Gasteiger partial charge is 0.497 e. The van der Waals surface area contributed by atoms with Gasteiger partial charge in [0.25, 0.3) is 5.91 Å². The Morgan fingerprint density at radius 3 is 2.30 bits per heavy atom. The highest BCUT2D eigenvalue weighted by Gasteiger charge is 2.21. The summed E-state index contributed by atoms with van der Waals surface area (Å²) in [6.45, 7) is 2.65. The molecule has 0 N–H and O–H groups in total. The number of methoxy groups -OCH3 is 1. The molecule has 4 rings (SSSR count). The number of carbonyl (C=O) groups is 1. The molecule has 0 aliphatic carbocycles. The zero-order valence-corrected chi connectivity index (χ0v) is 20.9. The molecule has 0 atom stereocenters. The van der Waals surface area contributed by atoms with Gasteiger partial charge in [0.2, 0.25) is 0 Å². The van der Waals surface area contributed by atoms with Gasteiger partial charge in [-0.3, -0.25) is 14.7 Å². The number of aromatic nitrogens is 1.